The molecule has 1 aromatic heterocycles. The Labute approximate surface area is 141 Å². The summed E-state index contributed by atoms with van der Waals surface area (Å²) in [6.45, 7) is 7.22. The predicted molar refractivity (Wildman–Crippen MR) is 87.5 cm³/mol. The molecule has 0 radical (unpaired) electrons. The van der Waals surface area contributed by atoms with Crippen LogP contribution in [0, 0.1) is 5.92 Å². The van der Waals surface area contributed by atoms with Crippen molar-refractivity contribution in [2.45, 2.75) is 46.1 Å². The van der Waals surface area contributed by atoms with E-state index in [4.69, 9.17) is 5.11 Å². The highest BCUT2D eigenvalue weighted by Crippen LogP contribution is 2.15. The molecule has 24 heavy (non-hydrogen) atoms. The number of carbonyl (C=O) groups excluding carboxylic acids is 2. The van der Waals surface area contributed by atoms with Crippen molar-refractivity contribution in [3.63, 3.8) is 0 Å². The van der Waals surface area contributed by atoms with Crippen LogP contribution in [0.4, 0.5) is 0 Å². The summed E-state index contributed by atoms with van der Waals surface area (Å²) >= 11 is 0. The Morgan fingerprint density at radius 3 is 2.42 bits per heavy atom. The van der Waals surface area contributed by atoms with E-state index in [-0.39, 0.29) is 18.4 Å². The van der Waals surface area contributed by atoms with Crippen molar-refractivity contribution in [3.8, 4) is 0 Å². The Morgan fingerprint density at radius 2 is 1.88 bits per heavy atom. The summed E-state index contributed by atoms with van der Waals surface area (Å²) in [5, 5.41) is 14.0. The molecule has 0 fully saturated rings. The van der Waals surface area contributed by atoms with Crippen LogP contribution in [0.1, 0.15) is 56.1 Å². The Morgan fingerprint density at radius 1 is 1.21 bits per heavy atom. The fraction of sp³-hybridized carbons (Fsp3) is 0.562. The molecule has 3 N–H and O–H groups in total. The quantitative estimate of drug-likeness (QED) is 0.650. The molecule has 1 rings (SSSR count). The predicted octanol–water partition coefficient (Wildman–Crippen LogP) is 0.945. The van der Waals surface area contributed by atoms with Gasteiger partial charge in [0.1, 0.15) is 12.4 Å². The van der Waals surface area contributed by atoms with Gasteiger partial charge in [-0.1, -0.05) is 27.7 Å². The summed E-state index contributed by atoms with van der Waals surface area (Å²) < 4.78 is 0. The third kappa shape index (κ3) is 5.94. The number of hydrogen-bond acceptors (Lipinski definition) is 5. The fourth-order valence-corrected chi connectivity index (χ4v) is 2.17. The summed E-state index contributed by atoms with van der Waals surface area (Å²) in [6.07, 6.45) is 3.08. The number of amides is 2. The summed E-state index contributed by atoms with van der Waals surface area (Å²) in [7, 11) is 0. The molecule has 0 bridgehead atoms. The van der Waals surface area contributed by atoms with Crippen molar-refractivity contribution in [2.75, 3.05) is 6.54 Å². The average Bonchev–Trinajstić information content (AvgIpc) is 2.51. The second kappa shape index (κ2) is 8.95. The molecule has 8 heteroatoms. The first-order valence-corrected chi connectivity index (χ1v) is 7.82. The maximum atomic E-state index is 12.2. The van der Waals surface area contributed by atoms with E-state index < -0.39 is 23.8 Å². The van der Waals surface area contributed by atoms with E-state index in [0.717, 1.165) is 0 Å². The molecule has 0 aliphatic heterocycles. The number of aromatic nitrogens is 2. The number of carbonyl (C=O) groups is 3. The van der Waals surface area contributed by atoms with E-state index in [1.807, 2.05) is 27.7 Å². The number of nitrogens with zero attached hydrogens (tertiary/aromatic N) is 2. The average molecular weight is 336 g/mol. The zero-order chi connectivity index (χ0) is 18.3. The molecular formula is C16H24N4O4. The van der Waals surface area contributed by atoms with Gasteiger partial charge in [0.05, 0.1) is 17.8 Å². The standard InChI is InChI=1S/C16H24N4O4/c1-9(2)5-12(16(23)24)20-13(21)7-18-15(22)11-6-17-8-19-14(11)10(3)4/h6,8-10,12H,5,7H2,1-4H3,(H,18,22)(H,20,21)(H,23,24)/t12-/m0/s1. The summed E-state index contributed by atoms with van der Waals surface area (Å²) in [5.74, 6) is -1.97. The van der Waals surface area contributed by atoms with E-state index in [2.05, 4.69) is 20.6 Å². The van der Waals surface area contributed by atoms with Crippen molar-refractivity contribution >= 4 is 17.8 Å². The SMILES string of the molecule is CC(C)C[C@H](NC(=O)CNC(=O)c1cncnc1C(C)C)C(=O)O. The zero-order valence-electron chi connectivity index (χ0n) is 14.4. The van der Waals surface area contributed by atoms with E-state index in [0.29, 0.717) is 17.7 Å². The van der Waals surface area contributed by atoms with Crippen LogP contribution in [-0.4, -0.2) is 45.4 Å². The Kier molecular flexibility index (Phi) is 7.29. The highest BCUT2D eigenvalue weighted by Gasteiger charge is 2.22. The molecular weight excluding hydrogens is 312 g/mol. The number of hydrogen-bond donors (Lipinski definition) is 3. The normalized spacial score (nSPS) is 12.1. The first-order chi connectivity index (χ1) is 11.2. The maximum absolute atomic E-state index is 12.2. The first kappa shape index (κ1) is 19.5. The van der Waals surface area contributed by atoms with Gasteiger partial charge in [0.15, 0.2) is 0 Å². The number of carboxylic acids is 1. The molecule has 1 heterocycles. The first-order valence-electron chi connectivity index (χ1n) is 7.82. The van der Waals surface area contributed by atoms with Gasteiger partial charge in [-0.2, -0.15) is 0 Å². The van der Waals surface area contributed by atoms with Crippen LogP contribution in [0.3, 0.4) is 0 Å². The maximum Gasteiger partial charge on any atom is 0.326 e. The van der Waals surface area contributed by atoms with E-state index in [1.54, 1.807) is 0 Å². The number of nitrogens with one attached hydrogen (secondary N) is 2. The molecule has 0 aliphatic carbocycles. The van der Waals surface area contributed by atoms with Crippen molar-refractivity contribution in [1.82, 2.24) is 20.6 Å². The molecule has 1 atom stereocenters. The van der Waals surface area contributed by atoms with Gasteiger partial charge >= 0.3 is 5.97 Å². The Balaban J connectivity index is 2.64. The lowest BCUT2D eigenvalue weighted by Gasteiger charge is -2.17. The molecule has 0 aliphatic rings. The van der Waals surface area contributed by atoms with Gasteiger partial charge in [-0.25, -0.2) is 14.8 Å². The van der Waals surface area contributed by atoms with Crippen LogP contribution >= 0.6 is 0 Å². The van der Waals surface area contributed by atoms with Crippen LogP contribution < -0.4 is 10.6 Å². The topological polar surface area (TPSA) is 121 Å². The molecule has 0 saturated carbocycles. The molecule has 2 amide bonds. The second-order valence-corrected chi connectivity index (χ2v) is 6.25. The van der Waals surface area contributed by atoms with Gasteiger partial charge in [-0.05, 0) is 18.3 Å². The molecule has 132 valence electrons. The van der Waals surface area contributed by atoms with E-state index in [9.17, 15) is 14.4 Å². The van der Waals surface area contributed by atoms with Crippen LogP contribution in [0.25, 0.3) is 0 Å². The smallest absolute Gasteiger partial charge is 0.326 e. The number of aliphatic carboxylic acids is 1. The third-order valence-electron chi connectivity index (χ3n) is 3.28. The van der Waals surface area contributed by atoms with Crippen LogP contribution in [0.5, 0.6) is 0 Å². The van der Waals surface area contributed by atoms with E-state index >= 15 is 0 Å². The van der Waals surface area contributed by atoms with Gasteiger partial charge in [-0.15, -0.1) is 0 Å². The highest BCUT2D eigenvalue weighted by molar-refractivity contribution is 5.97. The Bertz CT molecular complexity index is 601. The molecule has 0 saturated heterocycles. The lowest BCUT2D eigenvalue weighted by atomic mass is 10.0. The van der Waals surface area contributed by atoms with Crippen molar-refractivity contribution in [3.05, 3.63) is 23.8 Å². The number of rotatable bonds is 8. The van der Waals surface area contributed by atoms with Crippen LogP contribution in [0.15, 0.2) is 12.5 Å². The molecule has 0 aromatic carbocycles. The molecule has 8 nitrogen and oxygen atoms in total. The highest BCUT2D eigenvalue weighted by atomic mass is 16.4. The van der Waals surface area contributed by atoms with Gasteiger partial charge in [0, 0.05) is 6.20 Å². The molecule has 0 unspecified atom stereocenters. The lowest BCUT2D eigenvalue weighted by molar-refractivity contribution is -0.142. The van der Waals surface area contributed by atoms with Crippen molar-refractivity contribution in [2.24, 2.45) is 5.92 Å². The minimum atomic E-state index is -1.10. The second-order valence-electron chi connectivity index (χ2n) is 6.25. The Hall–Kier alpha value is -2.51. The van der Waals surface area contributed by atoms with E-state index in [1.165, 1.54) is 12.5 Å². The number of carboxylic acid groups (broad SMARTS) is 1. The van der Waals surface area contributed by atoms with Crippen LogP contribution in [0.2, 0.25) is 0 Å². The summed E-state index contributed by atoms with van der Waals surface area (Å²) in [4.78, 5) is 43.1. The van der Waals surface area contributed by atoms with Crippen molar-refractivity contribution < 1.29 is 19.5 Å². The summed E-state index contributed by atoms with van der Waals surface area (Å²) in [6, 6.07) is -0.972. The molecule has 0 spiro atoms. The minimum absolute atomic E-state index is 0.0324. The van der Waals surface area contributed by atoms with Gasteiger partial charge < -0.3 is 15.7 Å². The van der Waals surface area contributed by atoms with Crippen LogP contribution in [-0.2, 0) is 9.59 Å². The minimum Gasteiger partial charge on any atom is -0.480 e. The summed E-state index contributed by atoms with van der Waals surface area (Å²) in [5.41, 5.74) is 0.892. The lowest BCUT2D eigenvalue weighted by Crippen LogP contribution is -2.46. The fourth-order valence-electron chi connectivity index (χ4n) is 2.17. The van der Waals surface area contributed by atoms with Gasteiger partial charge in [-0.3, -0.25) is 9.59 Å². The largest absolute Gasteiger partial charge is 0.480 e. The van der Waals surface area contributed by atoms with Crippen molar-refractivity contribution in [1.29, 1.82) is 0 Å². The molecule has 1 aromatic rings. The van der Waals surface area contributed by atoms with Gasteiger partial charge in [0.25, 0.3) is 5.91 Å². The monoisotopic (exact) mass is 336 g/mol. The zero-order valence-corrected chi connectivity index (χ0v) is 14.4. The third-order valence-corrected chi connectivity index (χ3v) is 3.28. The van der Waals surface area contributed by atoms with Gasteiger partial charge in [0.2, 0.25) is 5.91 Å².